The van der Waals surface area contributed by atoms with Crippen LogP contribution in [0.2, 0.25) is 0 Å². The number of nitrogens with one attached hydrogen (secondary N) is 1. The van der Waals surface area contributed by atoms with Gasteiger partial charge in [0.1, 0.15) is 0 Å². The molecule has 0 aliphatic heterocycles. The van der Waals surface area contributed by atoms with Crippen LogP contribution in [0.4, 0.5) is 5.69 Å². The second kappa shape index (κ2) is 5.41. The Morgan fingerprint density at radius 3 is 3.05 bits per heavy atom. The van der Waals surface area contributed by atoms with Gasteiger partial charge in [0.15, 0.2) is 0 Å². The number of pyridine rings is 1. The van der Waals surface area contributed by atoms with E-state index in [1.807, 2.05) is 12.3 Å². The number of fused-ring (bicyclic) bond motifs is 1. The first-order valence-corrected chi connectivity index (χ1v) is 7.43. The lowest BCUT2D eigenvalue weighted by atomic mass is 10.1. The Kier molecular flexibility index (Phi) is 3.47. The molecule has 0 bridgehead atoms. The van der Waals surface area contributed by atoms with Gasteiger partial charge in [-0.3, -0.25) is 4.98 Å². The van der Waals surface area contributed by atoms with Gasteiger partial charge >= 0.3 is 0 Å². The molecule has 19 heavy (non-hydrogen) atoms. The number of benzene rings is 1. The molecule has 0 spiro atoms. The molecule has 0 atom stereocenters. The van der Waals surface area contributed by atoms with Crippen LogP contribution in [0.1, 0.15) is 13.3 Å². The quantitative estimate of drug-likeness (QED) is 0.736. The van der Waals surface area contributed by atoms with Crippen molar-refractivity contribution in [2.75, 3.05) is 11.9 Å². The highest BCUT2D eigenvalue weighted by Gasteiger charge is 2.06. The summed E-state index contributed by atoms with van der Waals surface area (Å²) in [5.74, 6) is 0. The molecule has 0 aliphatic rings. The van der Waals surface area contributed by atoms with Gasteiger partial charge in [-0.05, 0) is 35.4 Å². The van der Waals surface area contributed by atoms with E-state index in [1.54, 1.807) is 11.3 Å². The summed E-state index contributed by atoms with van der Waals surface area (Å²) >= 11 is 1.77. The summed E-state index contributed by atoms with van der Waals surface area (Å²) in [7, 11) is 0. The molecule has 3 aromatic rings. The molecule has 1 aromatic carbocycles. The van der Waals surface area contributed by atoms with Crippen LogP contribution in [0, 0.1) is 0 Å². The van der Waals surface area contributed by atoms with E-state index in [2.05, 4.69) is 52.9 Å². The molecule has 0 fully saturated rings. The van der Waals surface area contributed by atoms with Crippen molar-refractivity contribution in [1.29, 1.82) is 0 Å². The number of aromatic nitrogens is 1. The number of hydrogen-bond donors (Lipinski definition) is 1. The van der Waals surface area contributed by atoms with Crippen LogP contribution >= 0.6 is 11.3 Å². The van der Waals surface area contributed by atoms with Gasteiger partial charge in [-0.2, -0.15) is 0 Å². The summed E-state index contributed by atoms with van der Waals surface area (Å²) in [5, 5.41) is 6.83. The van der Waals surface area contributed by atoms with Gasteiger partial charge in [0, 0.05) is 28.7 Å². The van der Waals surface area contributed by atoms with Crippen LogP contribution in [-0.2, 0) is 0 Å². The van der Waals surface area contributed by atoms with E-state index in [0.29, 0.717) is 0 Å². The minimum absolute atomic E-state index is 0.993. The topological polar surface area (TPSA) is 24.9 Å². The number of hydrogen-bond acceptors (Lipinski definition) is 3. The van der Waals surface area contributed by atoms with Crippen molar-refractivity contribution in [2.24, 2.45) is 0 Å². The molecule has 0 aliphatic carbocycles. The van der Waals surface area contributed by atoms with E-state index in [-0.39, 0.29) is 0 Å². The average molecular weight is 268 g/mol. The predicted molar refractivity (Wildman–Crippen MR) is 83.8 cm³/mol. The second-order valence-electron chi connectivity index (χ2n) is 4.50. The van der Waals surface area contributed by atoms with Gasteiger partial charge in [0.25, 0.3) is 0 Å². The van der Waals surface area contributed by atoms with Gasteiger partial charge in [-0.1, -0.05) is 25.1 Å². The Bertz CT molecular complexity index is 688. The molecular formula is C16H16N2S. The Hall–Kier alpha value is -1.87. The maximum absolute atomic E-state index is 4.51. The van der Waals surface area contributed by atoms with Crippen LogP contribution < -0.4 is 5.32 Å². The van der Waals surface area contributed by atoms with E-state index in [0.717, 1.165) is 24.3 Å². The van der Waals surface area contributed by atoms with E-state index < -0.39 is 0 Å². The highest BCUT2D eigenvalue weighted by Crippen LogP contribution is 2.32. The highest BCUT2D eigenvalue weighted by atomic mass is 32.1. The first-order valence-electron chi connectivity index (χ1n) is 6.55. The number of nitrogens with zero attached hydrogens (tertiary/aromatic N) is 1. The minimum atomic E-state index is 0.993. The number of thiophene rings is 1. The third-order valence-electron chi connectivity index (χ3n) is 3.09. The zero-order valence-electron chi connectivity index (χ0n) is 10.9. The Balaban J connectivity index is 2.03. The highest BCUT2D eigenvalue weighted by molar-refractivity contribution is 7.17. The molecule has 1 N–H and O–H groups in total. The van der Waals surface area contributed by atoms with Gasteiger partial charge < -0.3 is 5.32 Å². The van der Waals surface area contributed by atoms with Crippen molar-refractivity contribution < 1.29 is 0 Å². The second-order valence-corrected chi connectivity index (χ2v) is 5.42. The zero-order valence-corrected chi connectivity index (χ0v) is 11.7. The summed E-state index contributed by atoms with van der Waals surface area (Å²) in [4.78, 5) is 4.51. The fraction of sp³-hybridized carbons (Fsp3) is 0.188. The van der Waals surface area contributed by atoms with Gasteiger partial charge in [0.05, 0.1) is 5.69 Å². The van der Waals surface area contributed by atoms with Crippen LogP contribution in [0.15, 0.2) is 48.0 Å². The van der Waals surface area contributed by atoms with Crippen LogP contribution in [0.25, 0.3) is 21.3 Å². The predicted octanol–water partition coefficient (Wildman–Crippen LogP) is 4.79. The Labute approximate surface area is 117 Å². The fourth-order valence-electron chi connectivity index (χ4n) is 2.15. The summed E-state index contributed by atoms with van der Waals surface area (Å²) in [6, 6.07) is 12.7. The van der Waals surface area contributed by atoms with Crippen LogP contribution in [0.3, 0.4) is 0 Å². The first kappa shape index (κ1) is 12.2. The summed E-state index contributed by atoms with van der Waals surface area (Å²) in [6.45, 7) is 3.16. The lowest BCUT2D eigenvalue weighted by molar-refractivity contribution is 0.979. The van der Waals surface area contributed by atoms with E-state index in [1.165, 1.54) is 15.6 Å². The molecule has 2 heterocycles. The Morgan fingerprint density at radius 1 is 1.21 bits per heavy atom. The molecule has 0 radical (unpaired) electrons. The standard InChI is InChI=1S/C16H16N2S/c1-2-8-17-13-6-9-18-15(11-13)14-5-3-4-12-7-10-19-16(12)14/h3-7,9-11H,2,8H2,1H3,(H,17,18). The van der Waals surface area contributed by atoms with E-state index in [4.69, 9.17) is 0 Å². The number of anilines is 1. The van der Waals surface area contributed by atoms with Crippen molar-refractivity contribution in [3.8, 4) is 11.3 Å². The fourth-order valence-corrected chi connectivity index (χ4v) is 3.07. The maximum atomic E-state index is 4.51. The van der Waals surface area contributed by atoms with Gasteiger partial charge in [0.2, 0.25) is 0 Å². The molecule has 0 saturated carbocycles. The molecule has 3 heteroatoms. The van der Waals surface area contributed by atoms with Crippen molar-refractivity contribution in [3.05, 3.63) is 48.0 Å². The molecule has 3 rings (SSSR count). The molecule has 0 saturated heterocycles. The Morgan fingerprint density at radius 2 is 2.16 bits per heavy atom. The summed E-state index contributed by atoms with van der Waals surface area (Å²) in [5.41, 5.74) is 3.39. The largest absolute Gasteiger partial charge is 0.385 e. The lowest BCUT2D eigenvalue weighted by Crippen LogP contribution is -1.99. The van der Waals surface area contributed by atoms with Gasteiger partial charge in [-0.25, -0.2) is 0 Å². The molecule has 2 aromatic heterocycles. The van der Waals surface area contributed by atoms with Gasteiger partial charge in [-0.15, -0.1) is 11.3 Å². The normalized spacial score (nSPS) is 10.8. The molecule has 0 unspecified atom stereocenters. The molecular weight excluding hydrogens is 252 g/mol. The van der Waals surface area contributed by atoms with E-state index >= 15 is 0 Å². The minimum Gasteiger partial charge on any atom is -0.385 e. The van der Waals surface area contributed by atoms with Crippen molar-refractivity contribution >= 4 is 27.1 Å². The smallest absolute Gasteiger partial charge is 0.0736 e. The van der Waals surface area contributed by atoms with Crippen molar-refractivity contribution in [2.45, 2.75) is 13.3 Å². The molecule has 0 amide bonds. The third-order valence-corrected chi connectivity index (χ3v) is 4.06. The monoisotopic (exact) mass is 268 g/mol. The van der Waals surface area contributed by atoms with Crippen LogP contribution in [-0.4, -0.2) is 11.5 Å². The average Bonchev–Trinajstić information content (AvgIpc) is 2.93. The SMILES string of the molecule is CCCNc1ccnc(-c2cccc3ccsc23)c1. The molecule has 2 nitrogen and oxygen atoms in total. The van der Waals surface area contributed by atoms with Crippen LogP contribution in [0.5, 0.6) is 0 Å². The summed E-state index contributed by atoms with van der Waals surface area (Å²) < 4.78 is 1.31. The lowest BCUT2D eigenvalue weighted by Gasteiger charge is -2.07. The first-order chi connectivity index (χ1) is 9.38. The van der Waals surface area contributed by atoms with Crippen molar-refractivity contribution in [3.63, 3.8) is 0 Å². The number of rotatable bonds is 4. The van der Waals surface area contributed by atoms with Crippen molar-refractivity contribution in [1.82, 2.24) is 4.98 Å². The summed E-state index contributed by atoms with van der Waals surface area (Å²) in [6.07, 6.45) is 3.00. The molecule has 96 valence electrons. The maximum Gasteiger partial charge on any atom is 0.0736 e. The zero-order chi connectivity index (χ0) is 13.1. The van der Waals surface area contributed by atoms with E-state index in [9.17, 15) is 0 Å². The third kappa shape index (κ3) is 2.47.